The lowest BCUT2D eigenvalue weighted by atomic mass is 10.1. The number of carbonyl (C=O) groups excluding carboxylic acids is 2. The summed E-state index contributed by atoms with van der Waals surface area (Å²) in [6, 6.07) is 6.95. The van der Waals surface area contributed by atoms with Crippen molar-refractivity contribution in [2.75, 3.05) is 20.3 Å². The van der Waals surface area contributed by atoms with Gasteiger partial charge in [0.2, 0.25) is 5.91 Å². The molecule has 1 aliphatic heterocycles. The Labute approximate surface area is 111 Å². The second kappa shape index (κ2) is 6.33. The lowest BCUT2D eigenvalue weighted by Gasteiger charge is -2.11. The summed E-state index contributed by atoms with van der Waals surface area (Å²) in [5.74, 6) is 0.114. The predicted molar refractivity (Wildman–Crippen MR) is 69.3 cm³/mol. The van der Waals surface area contributed by atoms with Crippen LogP contribution in [0, 0.1) is 0 Å². The number of ether oxygens (including phenoxy) is 2. The van der Waals surface area contributed by atoms with Crippen LogP contribution in [0.3, 0.4) is 0 Å². The largest absolute Gasteiger partial charge is 0.496 e. The minimum absolute atomic E-state index is 0.0426. The zero-order valence-electron chi connectivity index (χ0n) is 10.8. The van der Waals surface area contributed by atoms with Crippen molar-refractivity contribution in [1.29, 1.82) is 0 Å². The summed E-state index contributed by atoms with van der Waals surface area (Å²) in [5.41, 5.74) is 0.470. The third kappa shape index (κ3) is 3.32. The molecule has 0 aliphatic carbocycles. The van der Waals surface area contributed by atoms with Crippen molar-refractivity contribution in [1.82, 2.24) is 5.32 Å². The number of para-hydroxylation sites is 1. The molecule has 0 bridgehead atoms. The van der Waals surface area contributed by atoms with Crippen molar-refractivity contribution in [3.8, 4) is 5.75 Å². The zero-order chi connectivity index (χ0) is 13.7. The molecular weight excluding hydrogens is 246 g/mol. The fourth-order valence-corrected chi connectivity index (χ4v) is 2.04. The Morgan fingerprint density at radius 3 is 2.89 bits per heavy atom. The molecular formula is C14H17NO4. The lowest BCUT2D eigenvalue weighted by Crippen LogP contribution is -2.37. The number of hydrogen-bond donors (Lipinski definition) is 1. The second-order valence-electron chi connectivity index (χ2n) is 4.34. The van der Waals surface area contributed by atoms with Crippen molar-refractivity contribution < 1.29 is 19.1 Å². The summed E-state index contributed by atoms with van der Waals surface area (Å²) >= 11 is 0. The number of hydrogen-bond acceptors (Lipinski definition) is 4. The molecule has 1 aromatic rings. The first-order valence-corrected chi connectivity index (χ1v) is 6.28. The molecule has 1 aromatic carbocycles. The van der Waals surface area contributed by atoms with E-state index in [9.17, 15) is 9.59 Å². The molecule has 1 saturated heterocycles. The van der Waals surface area contributed by atoms with E-state index in [2.05, 4.69) is 5.32 Å². The zero-order valence-corrected chi connectivity index (χ0v) is 10.8. The molecule has 1 aliphatic rings. The van der Waals surface area contributed by atoms with Crippen LogP contribution in [-0.2, 0) is 9.53 Å². The van der Waals surface area contributed by atoms with Crippen molar-refractivity contribution in [3.05, 3.63) is 29.8 Å². The molecule has 19 heavy (non-hydrogen) atoms. The average molecular weight is 263 g/mol. The predicted octanol–water partition coefficient (Wildman–Crippen LogP) is 1.17. The van der Waals surface area contributed by atoms with Gasteiger partial charge >= 0.3 is 0 Å². The number of amides is 1. The third-order valence-corrected chi connectivity index (χ3v) is 3.05. The SMILES string of the molecule is COc1ccccc1C(=O)CNC(=O)C1CCCO1. The van der Waals surface area contributed by atoms with Gasteiger partial charge in [-0.25, -0.2) is 0 Å². The summed E-state index contributed by atoms with van der Waals surface area (Å²) in [6.45, 7) is 0.567. The topological polar surface area (TPSA) is 64.6 Å². The van der Waals surface area contributed by atoms with Gasteiger partial charge in [0.1, 0.15) is 11.9 Å². The van der Waals surface area contributed by atoms with E-state index in [0.717, 1.165) is 6.42 Å². The van der Waals surface area contributed by atoms with Crippen molar-refractivity contribution in [2.24, 2.45) is 0 Å². The molecule has 1 atom stereocenters. The highest BCUT2D eigenvalue weighted by atomic mass is 16.5. The quantitative estimate of drug-likeness (QED) is 0.810. The first-order chi connectivity index (χ1) is 9.22. The van der Waals surface area contributed by atoms with Gasteiger partial charge in [-0.3, -0.25) is 9.59 Å². The average Bonchev–Trinajstić information content (AvgIpc) is 2.98. The molecule has 1 N–H and O–H groups in total. The van der Waals surface area contributed by atoms with E-state index >= 15 is 0 Å². The van der Waals surface area contributed by atoms with Crippen LogP contribution < -0.4 is 10.1 Å². The van der Waals surface area contributed by atoms with Crippen LogP contribution in [0.2, 0.25) is 0 Å². The Balaban J connectivity index is 1.92. The first-order valence-electron chi connectivity index (χ1n) is 6.28. The maximum Gasteiger partial charge on any atom is 0.249 e. The Bertz CT molecular complexity index is 466. The van der Waals surface area contributed by atoms with Crippen LogP contribution >= 0.6 is 0 Å². The fourth-order valence-electron chi connectivity index (χ4n) is 2.04. The van der Waals surface area contributed by atoms with Gasteiger partial charge in [-0.05, 0) is 25.0 Å². The van der Waals surface area contributed by atoms with Crippen molar-refractivity contribution >= 4 is 11.7 Å². The number of Topliss-reactive ketones (excluding diaryl/α,β-unsaturated/α-hetero) is 1. The monoisotopic (exact) mass is 263 g/mol. The highest BCUT2D eigenvalue weighted by molar-refractivity contribution is 6.01. The van der Waals surface area contributed by atoms with E-state index in [0.29, 0.717) is 24.3 Å². The maximum absolute atomic E-state index is 12.0. The van der Waals surface area contributed by atoms with Crippen LogP contribution in [0.25, 0.3) is 0 Å². The van der Waals surface area contributed by atoms with Crippen LogP contribution in [0.4, 0.5) is 0 Å². The van der Waals surface area contributed by atoms with E-state index in [1.807, 2.05) is 0 Å². The molecule has 1 amide bonds. The van der Waals surface area contributed by atoms with Gasteiger partial charge < -0.3 is 14.8 Å². The maximum atomic E-state index is 12.0. The van der Waals surface area contributed by atoms with Crippen LogP contribution in [0.15, 0.2) is 24.3 Å². The van der Waals surface area contributed by atoms with Crippen LogP contribution in [-0.4, -0.2) is 38.1 Å². The number of nitrogens with one attached hydrogen (secondary N) is 1. The van der Waals surface area contributed by atoms with E-state index in [1.54, 1.807) is 24.3 Å². The molecule has 1 heterocycles. The molecule has 102 valence electrons. The highest BCUT2D eigenvalue weighted by Gasteiger charge is 2.24. The number of methoxy groups -OCH3 is 1. The lowest BCUT2D eigenvalue weighted by molar-refractivity contribution is -0.129. The van der Waals surface area contributed by atoms with Gasteiger partial charge in [-0.15, -0.1) is 0 Å². The van der Waals surface area contributed by atoms with Gasteiger partial charge in [0.25, 0.3) is 0 Å². The molecule has 1 fully saturated rings. The Morgan fingerprint density at radius 2 is 2.21 bits per heavy atom. The minimum atomic E-state index is -0.412. The third-order valence-electron chi connectivity index (χ3n) is 3.05. The normalized spacial score (nSPS) is 18.1. The number of benzene rings is 1. The minimum Gasteiger partial charge on any atom is -0.496 e. The molecule has 0 radical (unpaired) electrons. The summed E-state index contributed by atoms with van der Waals surface area (Å²) in [5, 5.41) is 2.61. The van der Waals surface area contributed by atoms with E-state index in [1.165, 1.54) is 7.11 Å². The van der Waals surface area contributed by atoms with Gasteiger partial charge in [0, 0.05) is 6.61 Å². The first kappa shape index (κ1) is 13.5. The molecule has 5 heteroatoms. The highest BCUT2D eigenvalue weighted by Crippen LogP contribution is 2.17. The van der Waals surface area contributed by atoms with Crippen molar-refractivity contribution in [3.63, 3.8) is 0 Å². The standard InChI is InChI=1S/C14H17NO4/c1-18-12-6-3-2-5-10(12)11(16)9-15-14(17)13-7-4-8-19-13/h2-3,5-6,13H,4,7-9H2,1H3,(H,15,17). The Hall–Kier alpha value is -1.88. The summed E-state index contributed by atoms with van der Waals surface area (Å²) in [7, 11) is 1.51. The van der Waals surface area contributed by atoms with Gasteiger partial charge in [0.15, 0.2) is 5.78 Å². The molecule has 0 spiro atoms. The van der Waals surface area contributed by atoms with Crippen LogP contribution in [0.1, 0.15) is 23.2 Å². The summed E-state index contributed by atoms with van der Waals surface area (Å²) in [4.78, 5) is 23.7. The summed E-state index contributed by atoms with van der Waals surface area (Å²) in [6.07, 6.45) is 1.19. The van der Waals surface area contributed by atoms with E-state index in [4.69, 9.17) is 9.47 Å². The molecule has 0 saturated carbocycles. The molecule has 1 unspecified atom stereocenters. The number of carbonyl (C=O) groups is 2. The number of ketones is 1. The Morgan fingerprint density at radius 1 is 1.42 bits per heavy atom. The van der Waals surface area contributed by atoms with Crippen molar-refractivity contribution in [2.45, 2.75) is 18.9 Å². The summed E-state index contributed by atoms with van der Waals surface area (Å²) < 4.78 is 10.4. The Kier molecular flexibility index (Phi) is 4.52. The van der Waals surface area contributed by atoms with E-state index < -0.39 is 6.10 Å². The fraction of sp³-hybridized carbons (Fsp3) is 0.429. The van der Waals surface area contributed by atoms with E-state index in [-0.39, 0.29) is 18.2 Å². The number of rotatable bonds is 5. The van der Waals surface area contributed by atoms with Crippen LogP contribution in [0.5, 0.6) is 5.75 Å². The smallest absolute Gasteiger partial charge is 0.249 e. The molecule has 0 aromatic heterocycles. The molecule has 2 rings (SSSR count). The van der Waals surface area contributed by atoms with Gasteiger partial charge in [-0.1, -0.05) is 12.1 Å². The second-order valence-corrected chi connectivity index (χ2v) is 4.34. The van der Waals surface area contributed by atoms with Gasteiger partial charge in [-0.2, -0.15) is 0 Å². The molecule has 5 nitrogen and oxygen atoms in total. The van der Waals surface area contributed by atoms with Gasteiger partial charge in [0.05, 0.1) is 19.2 Å².